The van der Waals surface area contributed by atoms with E-state index in [0.717, 1.165) is 0 Å². The van der Waals surface area contributed by atoms with Gasteiger partial charge >= 0.3 is 0 Å². The molecule has 0 fully saturated rings. The molecule has 88 valence electrons. The summed E-state index contributed by atoms with van der Waals surface area (Å²) in [6.45, 7) is 1.17. The summed E-state index contributed by atoms with van der Waals surface area (Å²) in [7, 11) is 1.54. The molecule has 1 heterocycles. The SMILES string of the molecule is COc1cc2c(cc1C(O)CN)OCCO2. The molecule has 2 rings (SSSR count). The van der Waals surface area contributed by atoms with Crippen LogP contribution in [0.1, 0.15) is 11.7 Å². The molecule has 1 atom stereocenters. The molecule has 5 nitrogen and oxygen atoms in total. The lowest BCUT2D eigenvalue weighted by Gasteiger charge is -2.22. The Morgan fingerprint density at radius 3 is 2.56 bits per heavy atom. The van der Waals surface area contributed by atoms with Crippen LogP contribution in [0.15, 0.2) is 12.1 Å². The molecule has 0 spiro atoms. The summed E-state index contributed by atoms with van der Waals surface area (Å²) in [6, 6.07) is 3.42. The molecule has 3 N–H and O–H groups in total. The maximum absolute atomic E-state index is 9.74. The first-order valence-electron chi connectivity index (χ1n) is 5.12. The summed E-state index contributed by atoms with van der Waals surface area (Å²) in [5, 5.41) is 9.74. The van der Waals surface area contributed by atoms with Crippen molar-refractivity contribution in [1.29, 1.82) is 0 Å². The molecule has 0 aromatic heterocycles. The number of nitrogens with two attached hydrogens (primary N) is 1. The van der Waals surface area contributed by atoms with Gasteiger partial charge in [0.05, 0.1) is 13.2 Å². The van der Waals surface area contributed by atoms with Gasteiger partial charge in [-0.15, -0.1) is 0 Å². The van der Waals surface area contributed by atoms with Crippen molar-refractivity contribution in [3.05, 3.63) is 17.7 Å². The van der Waals surface area contributed by atoms with Crippen LogP contribution in [0, 0.1) is 0 Å². The van der Waals surface area contributed by atoms with Crippen molar-refractivity contribution < 1.29 is 19.3 Å². The second-order valence-electron chi connectivity index (χ2n) is 3.49. The first-order valence-corrected chi connectivity index (χ1v) is 5.12. The largest absolute Gasteiger partial charge is 0.496 e. The van der Waals surface area contributed by atoms with Crippen LogP contribution in [-0.2, 0) is 0 Å². The van der Waals surface area contributed by atoms with E-state index in [9.17, 15) is 5.11 Å². The summed E-state index contributed by atoms with van der Waals surface area (Å²) < 4.78 is 16.0. The molecule has 1 unspecified atom stereocenters. The van der Waals surface area contributed by atoms with Crippen molar-refractivity contribution in [2.75, 3.05) is 26.9 Å². The normalized spacial score (nSPS) is 15.7. The van der Waals surface area contributed by atoms with E-state index in [2.05, 4.69) is 0 Å². The molecule has 1 aliphatic heterocycles. The summed E-state index contributed by atoms with van der Waals surface area (Å²) in [4.78, 5) is 0. The highest BCUT2D eigenvalue weighted by molar-refractivity contribution is 5.52. The van der Waals surface area contributed by atoms with Crippen molar-refractivity contribution in [3.63, 3.8) is 0 Å². The van der Waals surface area contributed by atoms with E-state index >= 15 is 0 Å². The standard InChI is InChI=1S/C11H15NO4/c1-14-9-5-11-10(15-2-3-16-11)4-7(9)8(13)6-12/h4-5,8,13H,2-3,6,12H2,1H3. The maximum Gasteiger partial charge on any atom is 0.165 e. The number of benzene rings is 1. The summed E-state index contributed by atoms with van der Waals surface area (Å²) >= 11 is 0. The van der Waals surface area contributed by atoms with Gasteiger partial charge in [0.15, 0.2) is 11.5 Å². The highest BCUT2D eigenvalue weighted by Crippen LogP contribution is 2.38. The monoisotopic (exact) mass is 225 g/mol. The van der Waals surface area contributed by atoms with E-state index in [4.69, 9.17) is 19.9 Å². The van der Waals surface area contributed by atoms with Gasteiger partial charge in [-0.3, -0.25) is 0 Å². The molecular formula is C11H15NO4. The first-order chi connectivity index (χ1) is 7.76. The van der Waals surface area contributed by atoms with Gasteiger partial charge in [0.25, 0.3) is 0 Å². The van der Waals surface area contributed by atoms with Crippen molar-refractivity contribution in [3.8, 4) is 17.2 Å². The van der Waals surface area contributed by atoms with E-state index in [-0.39, 0.29) is 6.54 Å². The fourth-order valence-corrected chi connectivity index (χ4v) is 1.65. The average molecular weight is 225 g/mol. The Labute approximate surface area is 93.7 Å². The molecule has 0 amide bonds. The number of rotatable bonds is 3. The molecule has 1 aromatic carbocycles. The molecule has 1 aromatic rings. The van der Waals surface area contributed by atoms with E-state index in [1.165, 1.54) is 7.11 Å². The number of ether oxygens (including phenoxy) is 3. The summed E-state index contributed by atoms with van der Waals surface area (Å²) in [6.07, 6.45) is -0.759. The smallest absolute Gasteiger partial charge is 0.165 e. The average Bonchev–Trinajstić information content (AvgIpc) is 2.36. The van der Waals surface area contributed by atoms with Gasteiger partial charge < -0.3 is 25.1 Å². The van der Waals surface area contributed by atoms with E-state index in [1.807, 2.05) is 0 Å². The van der Waals surface area contributed by atoms with Gasteiger partial charge in [-0.2, -0.15) is 0 Å². The molecule has 0 bridgehead atoms. The molecule has 16 heavy (non-hydrogen) atoms. The minimum atomic E-state index is -0.759. The molecule has 0 radical (unpaired) electrons. The molecule has 5 heteroatoms. The van der Waals surface area contributed by atoms with Gasteiger partial charge in [0.2, 0.25) is 0 Å². The van der Waals surface area contributed by atoms with Gasteiger partial charge in [0.1, 0.15) is 19.0 Å². The first kappa shape index (κ1) is 11.0. The van der Waals surface area contributed by atoms with Crippen molar-refractivity contribution >= 4 is 0 Å². The quantitative estimate of drug-likeness (QED) is 0.781. The molecule has 0 aliphatic carbocycles. The van der Waals surface area contributed by atoms with Crippen LogP contribution in [-0.4, -0.2) is 32.0 Å². The maximum atomic E-state index is 9.74. The second kappa shape index (κ2) is 4.59. The van der Waals surface area contributed by atoms with Gasteiger partial charge in [-0.05, 0) is 6.07 Å². The summed E-state index contributed by atoms with van der Waals surface area (Å²) in [5.41, 5.74) is 6.05. The van der Waals surface area contributed by atoms with E-state index in [0.29, 0.717) is 36.0 Å². The Morgan fingerprint density at radius 2 is 2.00 bits per heavy atom. The van der Waals surface area contributed by atoms with Crippen molar-refractivity contribution in [2.24, 2.45) is 5.73 Å². The highest BCUT2D eigenvalue weighted by Gasteiger charge is 2.19. The molecule has 1 aliphatic rings. The highest BCUT2D eigenvalue weighted by atomic mass is 16.6. The Balaban J connectivity index is 2.43. The number of methoxy groups -OCH3 is 1. The summed E-state index contributed by atoms with van der Waals surface area (Å²) in [5.74, 6) is 1.81. The minimum Gasteiger partial charge on any atom is -0.496 e. The molecular weight excluding hydrogens is 210 g/mol. The van der Waals surface area contributed by atoms with Crippen LogP contribution in [0.3, 0.4) is 0 Å². The lowest BCUT2D eigenvalue weighted by atomic mass is 10.1. The number of fused-ring (bicyclic) bond motifs is 1. The third-order valence-corrected chi connectivity index (χ3v) is 2.48. The Kier molecular flexibility index (Phi) is 3.17. The number of aliphatic hydroxyl groups is 1. The number of aliphatic hydroxyl groups excluding tert-OH is 1. The molecule has 0 saturated heterocycles. The Morgan fingerprint density at radius 1 is 1.38 bits per heavy atom. The van der Waals surface area contributed by atoms with Gasteiger partial charge in [-0.1, -0.05) is 0 Å². The number of hydrogen-bond donors (Lipinski definition) is 2. The lowest BCUT2D eigenvalue weighted by molar-refractivity contribution is 0.163. The van der Waals surface area contributed by atoms with Crippen molar-refractivity contribution in [1.82, 2.24) is 0 Å². The van der Waals surface area contributed by atoms with E-state index in [1.54, 1.807) is 12.1 Å². The Hall–Kier alpha value is -1.46. The zero-order valence-electron chi connectivity index (χ0n) is 9.10. The zero-order chi connectivity index (χ0) is 11.5. The fourth-order valence-electron chi connectivity index (χ4n) is 1.65. The van der Waals surface area contributed by atoms with Crippen molar-refractivity contribution in [2.45, 2.75) is 6.10 Å². The third kappa shape index (κ3) is 1.91. The van der Waals surface area contributed by atoms with Crippen LogP contribution in [0.5, 0.6) is 17.2 Å². The third-order valence-electron chi connectivity index (χ3n) is 2.48. The predicted molar refractivity (Wildman–Crippen MR) is 58.0 cm³/mol. The van der Waals surface area contributed by atoms with Gasteiger partial charge in [0, 0.05) is 18.2 Å². The van der Waals surface area contributed by atoms with Crippen LogP contribution < -0.4 is 19.9 Å². The van der Waals surface area contributed by atoms with Crippen LogP contribution in [0.25, 0.3) is 0 Å². The Bertz CT molecular complexity index is 380. The van der Waals surface area contributed by atoms with Gasteiger partial charge in [-0.25, -0.2) is 0 Å². The fraction of sp³-hybridized carbons (Fsp3) is 0.455. The zero-order valence-corrected chi connectivity index (χ0v) is 9.10. The topological polar surface area (TPSA) is 73.9 Å². The van der Waals surface area contributed by atoms with Crippen LogP contribution in [0.2, 0.25) is 0 Å². The van der Waals surface area contributed by atoms with E-state index < -0.39 is 6.10 Å². The predicted octanol–water partition coefficient (Wildman–Crippen LogP) is 0.458. The second-order valence-corrected chi connectivity index (χ2v) is 3.49. The number of hydrogen-bond acceptors (Lipinski definition) is 5. The molecule has 0 saturated carbocycles. The van der Waals surface area contributed by atoms with Crippen LogP contribution >= 0.6 is 0 Å². The lowest BCUT2D eigenvalue weighted by Crippen LogP contribution is -2.17. The minimum absolute atomic E-state index is 0.135. The van der Waals surface area contributed by atoms with Crippen LogP contribution in [0.4, 0.5) is 0 Å².